The van der Waals surface area contributed by atoms with Gasteiger partial charge in [0.1, 0.15) is 0 Å². The molecule has 3 heterocycles. The van der Waals surface area contributed by atoms with Crippen molar-refractivity contribution in [2.24, 2.45) is 5.41 Å². The molecule has 0 bridgehead atoms. The van der Waals surface area contributed by atoms with E-state index < -0.39 is 0 Å². The quantitative estimate of drug-likeness (QED) is 0.795. The minimum Gasteiger partial charge on any atom is -0.342 e. The van der Waals surface area contributed by atoms with Crippen LogP contribution in [-0.4, -0.2) is 71.7 Å². The zero-order chi connectivity index (χ0) is 19.7. The average molecular weight is 383 g/mol. The number of amides is 3. The second-order valence-electron chi connectivity index (χ2n) is 8.54. The van der Waals surface area contributed by atoms with Crippen LogP contribution in [0.5, 0.6) is 0 Å². The van der Waals surface area contributed by atoms with E-state index in [0.717, 1.165) is 32.1 Å². The maximum absolute atomic E-state index is 13.1. The minimum atomic E-state index is -0.325. The Balaban J connectivity index is 1.36. The predicted octanol–water partition coefficient (Wildman–Crippen LogP) is 1.69. The fraction of sp³-hybridized carbons (Fsp3) is 0.591. The van der Waals surface area contributed by atoms with E-state index in [2.05, 4.69) is 12.1 Å². The number of carbonyl (C=O) groups is 3. The molecule has 1 spiro atoms. The Hall–Kier alpha value is -2.37. The molecule has 0 saturated carbocycles. The molecule has 3 fully saturated rings. The molecule has 1 aromatic rings. The summed E-state index contributed by atoms with van der Waals surface area (Å²) < 4.78 is 0. The normalized spacial score (nSPS) is 24.5. The van der Waals surface area contributed by atoms with Gasteiger partial charge in [0.2, 0.25) is 17.7 Å². The van der Waals surface area contributed by atoms with Crippen molar-refractivity contribution in [1.82, 2.24) is 14.7 Å². The van der Waals surface area contributed by atoms with Gasteiger partial charge in [-0.1, -0.05) is 30.3 Å². The van der Waals surface area contributed by atoms with E-state index in [1.54, 1.807) is 4.90 Å². The van der Waals surface area contributed by atoms with Crippen LogP contribution < -0.4 is 0 Å². The molecule has 28 heavy (non-hydrogen) atoms. The molecule has 3 aliphatic rings. The molecule has 1 atom stereocenters. The first kappa shape index (κ1) is 19.0. The number of carbonyl (C=O) groups excluding carboxylic acids is 3. The second kappa shape index (κ2) is 7.57. The van der Waals surface area contributed by atoms with Crippen molar-refractivity contribution in [2.45, 2.75) is 44.6 Å². The van der Waals surface area contributed by atoms with Gasteiger partial charge < -0.3 is 14.7 Å². The van der Waals surface area contributed by atoms with Crippen LogP contribution in [0.4, 0.5) is 0 Å². The molecule has 6 heteroatoms. The lowest BCUT2D eigenvalue weighted by atomic mass is 9.75. The van der Waals surface area contributed by atoms with Crippen LogP contribution in [0.15, 0.2) is 30.3 Å². The van der Waals surface area contributed by atoms with Crippen molar-refractivity contribution in [3.63, 3.8) is 0 Å². The van der Waals surface area contributed by atoms with Crippen LogP contribution in [0, 0.1) is 5.41 Å². The summed E-state index contributed by atoms with van der Waals surface area (Å²) in [6, 6.07) is 10.5. The number of hydrogen-bond acceptors (Lipinski definition) is 3. The zero-order valence-corrected chi connectivity index (χ0v) is 16.6. The summed E-state index contributed by atoms with van der Waals surface area (Å²) >= 11 is 0. The van der Waals surface area contributed by atoms with E-state index in [9.17, 15) is 14.4 Å². The highest BCUT2D eigenvalue weighted by molar-refractivity contribution is 5.87. The molecule has 4 rings (SSSR count). The van der Waals surface area contributed by atoms with Crippen LogP contribution in [0.3, 0.4) is 0 Å². The van der Waals surface area contributed by atoms with Crippen LogP contribution >= 0.6 is 0 Å². The van der Waals surface area contributed by atoms with Gasteiger partial charge in [0.15, 0.2) is 0 Å². The van der Waals surface area contributed by atoms with Crippen molar-refractivity contribution in [2.75, 3.05) is 33.2 Å². The first-order valence-electron chi connectivity index (χ1n) is 10.4. The lowest BCUT2D eigenvalue weighted by Gasteiger charge is -2.38. The van der Waals surface area contributed by atoms with Gasteiger partial charge in [-0.05, 0) is 37.7 Å². The van der Waals surface area contributed by atoms with E-state index in [0.29, 0.717) is 26.1 Å². The van der Waals surface area contributed by atoms with Gasteiger partial charge in [0.25, 0.3) is 0 Å². The molecule has 3 saturated heterocycles. The monoisotopic (exact) mass is 383 g/mol. The highest BCUT2D eigenvalue weighted by Crippen LogP contribution is 2.44. The topological polar surface area (TPSA) is 60.9 Å². The molecule has 150 valence electrons. The molecular formula is C22H29N3O3. The van der Waals surface area contributed by atoms with Gasteiger partial charge in [-0.3, -0.25) is 14.4 Å². The molecule has 0 N–H and O–H groups in total. The Labute approximate surface area is 166 Å². The maximum Gasteiger partial charge on any atom is 0.242 e. The van der Waals surface area contributed by atoms with E-state index in [1.807, 2.05) is 35.0 Å². The highest BCUT2D eigenvalue weighted by atomic mass is 16.2. The Kier molecular flexibility index (Phi) is 5.13. The molecule has 3 aliphatic heterocycles. The number of benzene rings is 1. The van der Waals surface area contributed by atoms with E-state index in [4.69, 9.17) is 0 Å². The van der Waals surface area contributed by atoms with Gasteiger partial charge in [-0.25, -0.2) is 0 Å². The fourth-order valence-corrected chi connectivity index (χ4v) is 5.05. The highest BCUT2D eigenvalue weighted by Gasteiger charge is 2.51. The maximum atomic E-state index is 13.1. The van der Waals surface area contributed by atoms with Crippen LogP contribution in [0.25, 0.3) is 0 Å². The fourth-order valence-electron chi connectivity index (χ4n) is 5.05. The molecule has 0 radical (unpaired) electrons. The number of piperidine rings is 1. The van der Waals surface area contributed by atoms with E-state index >= 15 is 0 Å². The van der Waals surface area contributed by atoms with E-state index in [1.165, 1.54) is 5.56 Å². The van der Waals surface area contributed by atoms with Crippen molar-refractivity contribution in [3.05, 3.63) is 35.9 Å². The molecular weight excluding hydrogens is 354 g/mol. The van der Waals surface area contributed by atoms with Gasteiger partial charge >= 0.3 is 0 Å². The number of rotatable bonds is 4. The smallest absolute Gasteiger partial charge is 0.242 e. The minimum absolute atomic E-state index is 0.0183. The Morgan fingerprint density at radius 3 is 2.46 bits per heavy atom. The van der Waals surface area contributed by atoms with Crippen LogP contribution in [-0.2, 0) is 20.8 Å². The van der Waals surface area contributed by atoms with Gasteiger partial charge in [-0.15, -0.1) is 0 Å². The standard InChI is InChI=1S/C22H29N3O3/c1-23-18(14-17-6-3-2-4-7-17)15-22(21(23)28)9-12-24(13-10-22)20(27)16-25-11-5-8-19(25)26/h2-4,6-7,18H,5,8-16H2,1H3. The second-order valence-corrected chi connectivity index (χ2v) is 8.54. The Bertz CT molecular complexity index is 756. The molecule has 6 nitrogen and oxygen atoms in total. The summed E-state index contributed by atoms with van der Waals surface area (Å²) in [6.45, 7) is 2.10. The summed E-state index contributed by atoms with van der Waals surface area (Å²) in [5, 5.41) is 0. The Morgan fingerprint density at radius 2 is 1.82 bits per heavy atom. The van der Waals surface area contributed by atoms with Crippen molar-refractivity contribution in [3.8, 4) is 0 Å². The van der Waals surface area contributed by atoms with Crippen molar-refractivity contribution >= 4 is 17.7 Å². The van der Waals surface area contributed by atoms with Gasteiger partial charge in [-0.2, -0.15) is 0 Å². The number of nitrogens with zero attached hydrogens (tertiary/aromatic N) is 3. The van der Waals surface area contributed by atoms with Crippen LogP contribution in [0.2, 0.25) is 0 Å². The molecule has 1 aromatic carbocycles. The van der Waals surface area contributed by atoms with Gasteiger partial charge in [0.05, 0.1) is 12.0 Å². The molecule has 1 unspecified atom stereocenters. The predicted molar refractivity (Wildman–Crippen MR) is 105 cm³/mol. The summed E-state index contributed by atoms with van der Waals surface area (Å²) in [4.78, 5) is 42.8. The van der Waals surface area contributed by atoms with Crippen LogP contribution in [0.1, 0.15) is 37.7 Å². The lowest BCUT2D eigenvalue weighted by molar-refractivity contribution is -0.144. The first-order chi connectivity index (χ1) is 13.5. The summed E-state index contributed by atoms with van der Waals surface area (Å²) in [5.41, 5.74) is 0.932. The molecule has 3 amide bonds. The molecule has 0 aliphatic carbocycles. The Morgan fingerprint density at radius 1 is 1.11 bits per heavy atom. The number of likely N-dealkylation sites (tertiary alicyclic amines) is 3. The summed E-state index contributed by atoms with van der Waals surface area (Å²) in [6.07, 6.45) is 4.59. The summed E-state index contributed by atoms with van der Waals surface area (Å²) in [5.74, 6) is 0.332. The third-order valence-corrected chi connectivity index (χ3v) is 6.83. The zero-order valence-electron chi connectivity index (χ0n) is 16.6. The van der Waals surface area contributed by atoms with Crippen molar-refractivity contribution in [1.29, 1.82) is 0 Å². The van der Waals surface area contributed by atoms with Gasteiger partial charge in [0, 0.05) is 39.1 Å². The SMILES string of the molecule is CN1C(=O)C2(CCN(C(=O)CN3CCCC3=O)CC2)CC1Cc1ccccc1. The summed E-state index contributed by atoms with van der Waals surface area (Å²) in [7, 11) is 1.92. The largest absolute Gasteiger partial charge is 0.342 e. The third-order valence-electron chi connectivity index (χ3n) is 6.83. The number of likely N-dealkylation sites (N-methyl/N-ethyl adjacent to an activating group) is 1. The average Bonchev–Trinajstić information content (AvgIpc) is 3.20. The third kappa shape index (κ3) is 3.52. The number of hydrogen-bond donors (Lipinski definition) is 0. The van der Waals surface area contributed by atoms with E-state index in [-0.39, 0.29) is 35.7 Å². The molecule has 0 aromatic heterocycles. The lowest BCUT2D eigenvalue weighted by Crippen LogP contribution is -2.49. The van der Waals surface area contributed by atoms with Crippen molar-refractivity contribution < 1.29 is 14.4 Å². The first-order valence-corrected chi connectivity index (χ1v) is 10.4.